The number of rotatable bonds is 6. The third kappa shape index (κ3) is 4.44. The predicted octanol–water partition coefficient (Wildman–Crippen LogP) is 5.40. The molecule has 0 spiro atoms. The van der Waals surface area contributed by atoms with Gasteiger partial charge in [0.15, 0.2) is 14.7 Å². The summed E-state index contributed by atoms with van der Waals surface area (Å²) in [5, 5.41) is 0. The number of carbonyl (C=O) groups excluding carboxylic acids is 1. The first kappa shape index (κ1) is 18.0. The number of hydrogen-bond donors (Lipinski definition) is 0. The molecule has 130 valence electrons. The molecule has 0 aliphatic rings. The van der Waals surface area contributed by atoms with Gasteiger partial charge in [0.2, 0.25) is 0 Å². The minimum Gasteiger partial charge on any atom is -0.457 e. The van der Waals surface area contributed by atoms with Crippen molar-refractivity contribution >= 4 is 16.9 Å². The van der Waals surface area contributed by atoms with Crippen molar-refractivity contribution in [2.75, 3.05) is 0 Å². The van der Waals surface area contributed by atoms with Crippen molar-refractivity contribution < 1.29 is 9.53 Å². The summed E-state index contributed by atoms with van der Waals surface area (Å²) in [4.78, 5) is 15.3. The van der Waals surface area contributed by atoms with Gasteiger partial charge in [0.05, 0.1) is 10.9 Å². The molecule has 3 aromatic rings. The van der Waals surface area contributed by atoms with Crippen LogP contribution in [0.5, 0.6) is 0 Å². The van der Waals surface area contributed by atoms with E-state index in [-0.39, 0.29) is 23.5 Å². The first-order chi connectivity index (χ1) is 12.6. The molecule has 3 rings (SSSR count). The zero-order valence-corrected chi connectivity index (χ0v) is 15.5. The lowest BCUT2D eigenvalue weighted by molar-refractivity contribution is -0.140. The minimum absolute atomic E-state index is 0.165. The molecular formula is C23H21O2S+. The second-order valence-electron chi connectivity index (χ2n) is 5.93. The second kappa shape index (κ2) is 8.54. The highest BCUT2D eigenvalue weighted by molar-refractivity contribution is 7.97. The van der Waals surface area contributed by atoms with Crippen molar-refractivity contribution in [3.05, 3.63) is 103 Å². The maximum atomic E-state index is 11.5. The highest BCUT2D eigenvalue weighted by atomic mass is 32.2. The molecule has 0 aromatic heterocycles. The van der Waals surface area contributed by atoms with Gasteiger partial charge in [-0.3, -0.25) is 0 Å². The summed E-state index contributed by atoms with van der Waals surface area (Å²) in [7, 11) is -0.165. The van der Waals surface area contributed by atoms with Crippen molar-refractivity contribution in [3.63, 3.8) is 0 Å². The van der Waals surface area contributed by atoms with Crippen LogP contribution < -0.4 is 0 Å². The van der Waals surface area contributed by atoms with E-state index in [2.05, 4.69) is 67.2 Å². The van der Waals surface area contributed by atoms with Crippen molar-refractivity contribution in [1.29, 1.82) is 0 Å². The number of carbonyl (C=O) groups is 1. The maximum absolute atomic E-state index is 11.5. The quantitative estimate of drug-likeness (QED) is 0.334. The Hall–Kier alpha value is -2.78. The van der Waals surface area contributed by atoms with Gasteiger partial charge in [0, 0.05) is 5.57 Å². The molecule has 0 atom stereocenters. The molecule has 0 amide bonds. The highest BCUT2D eigenvalue weighted by Crippen LogP contribution is 2.31. The molecule has 0 N–H and O–H groups in total. The van der Waals surface area contributed by atoms with Crippen LogP contribution in [-0.4, -0.2) is 5.97 Å². The summed E-state index contributed by atoms with van der Waals surface area (Å²) in [5.74, 6) is -0.359. The number of esters is 1. The summed E-state index contributed by atoms with van der Waals surface area (Å²) in [5.41, 5.74) is 1.38. The van der Waals surface area contributed by atoms with Gasteiger partial charge >= 0.3 is 5.97 Å². The fraction of sp³-hybridized carbons (Fsp3) is 0.0870. The smallest absolute Gasteiger partial charge is 0.333 e. The maximum Gasteiger partial charge on any atom is 0.333 e. The van der Waals surface area contributed by atoms with Crippen molar-refractivity contribution in [2.45, 2.75) is 28.2 Å². The van der Waals surface area contributed by atoms with E-state index in [0.717, 1.165) is 5.56 Å². The summed E-state index contributed by atoms with van der Waals surface area (Å²) >= 11 is 0. The number of benzene rings is 3. The van der Waals surface area contributed by atoms with Crippen LogP contribution in [0.25, 0.3) is 0 Å². The molecule has 0 aliphatic heterocycles. The van der Waals surface area contributed by atoms with E-state index >= 15 is 0 Å². The lowest BCUT2D eigenvalue weighted by Gasteiger charge is -2.09. The Balaban J connectivity index is 1.86. The summed E-state index contributed by atoms with van der Waals surface area (Å²) < 4.78 is 5.22. The molecule has 0 saturated heterocycles. The molecule has 0 unspecified atom stereocenters. The average molecular weight is 361 g/mol. The first-order valence-electron chi connectivity index (χ1n) is 8.41. The second-order valence-corrected chi connectivity index (χ2v) is 7.96. The zero-order chi connectivity index (χ0) is 18.4. The van der Waals surface area contributed by atoms with Gasteiger partial charge in [-0.2, -0.15) is 0 Å². The van der Waals surface area contributed by atoms with E-state index in [1.807, 2.05) is 24.3 Å². The topological polar surface area (TPSA) is 26.3 Å². The lowest BCUT2D eigenvalue weighted by atomic mass is 10.2. The van der Waals surface area contributed by atoms with E-state index in [1.54, 1.807) is 6.92 Å². The van der Waals surface area contributed by atoms with Gasteiger partial charge in [-0.25, -0.2) is 4.79 Å². The Kier molecular flexibility index (Phi) is 5.92. The molecular weight excluding hydrogens is 340 g/mol. The van der Waals surface area contributed by atoms with Crippen LogP contribution in [-0.2, 0) is 27.0 Å². The summed E-state index contributed by atoms with van der Waals surface area (Å²) in [6, 6.07) is 29.3. The summed E-state index contributed by atoms with van der Waals surface area (Å²) in [6.07, 6.45) is 0. The third-order valence-electron chi connectivity index (χ3n) is 3.84. The molecule has 2 nitrogen and oxygen atoms in total. The number of ether oxygens (including phenoxy) is 1. The molecule has 0 heterocycles. The Morgan fingerprint density at radius 3 is 1.73 bits per heavy atom. The molecule has 0 bridgehead atoms. The van der Waals surface area contributed by atoms with E-state index in [1.165, 1.54) is 14.7 Å². The Bertz CT molecular complexity index is 832. The van der Waals surface area contributed by atoms with Crippen LogP contribution in [0.4, 0.5) is 0 Å². The molecule has 0 saturated carbocycles. The van der Waals surface area contributed by atoms with Crippen molar-refractivity contribution in [2.24, 2.45) is 0 Å². The van der Waals surface area contributed by atoms with Crippen LogP contribution in [0, 0.1) is 0 Å². The van der Waals surface area contributed by atoms with Gasteiger partial charge in [0.1, 0.15) is 6.61 Å². The van der Waals surface area contributed by atoms with Crippen LogP contribution >= 0.6 is 0 Å². The standard InChI is InChI=1S/C23H21O2S/c1-18(2)23(24)25-17-19-13-15-22(16-14-19)26(20-9-5-3-6-10-20)21-11-7-4-8-12-21/h3-16H,1,17H2,2H3/q+1. The average Bonchev–Trinajstić information content (AvgIpc) is 2.69. The lowest BCUT2D eigenvalue weighted by Crippen LogP contribution is -2.06. The van der Waals surface area contributed by atoms with Crippen molar-refractivity contribution in [3.8, 4) is 0 Å². The largest absolute Gasteiger partial charge is 0.457 e. The Labute approximate surface area is 157 Å². The molecule has 0 aliphatic carbocycles. The van der Waals surface area contributed by atoms with Gasteiger partial charge < -0.3 is 4.74 Å². The predicted molar refractivity (Wildman–Crippen MR) is 106 cm³/mol. The fourth-order valence-electron chi connectivity index (χ4n) is 2.52. The zero-order valence-electron chi connectivity index (χ0n) is 14.7. The van der Waals surface area contributed by atoms with Gasteiger partial charge in [-0.1, -0.05) is 55.1 Å². The fourth-order valence-corrected chi connectivity index (χ4v) is 4.60. The monoisotopic (exact) mass is 361 g/mol. The van der Waals surface area contributed by atoms with E-state index in [4.69, 9.17) is 4.74 Å². The summed E-state index contributed by atoms with van der Waals surface area (Å²) in [6.45, 7) is 5.51. The van der Waals surface area contributed by atoms with E-state index in [9.17, 15) is 4.79 Å². The molecule has 3 heteroatoms. The van der Waals surface area contributed by atoms with Crippen molar-refractivity contribution in [1.82, 2.24) is 0 Å². The molecule has 0 radical (unpaired) electrons. The van der Waals surface area contributed by atoms with Crippen LogP contribution in [0.3, 0.4) is 0 Å². The molecule has 26 heavy (non-hydrogen) atoms. The van der Waals surface area contributed by atoms with Gasteiger partial charge in [-0.05, 0) is 48.9 Å². The third-order valence-corrected chi connectivity index (χ3v) is 6.07. The van der Waals surface area contributed by atoms with Crippen LogP contribution in [0.2, 0.25) is 0 Å². The molecule has 0 fully saturated rings. The number of hydrogen-bond acceptors (Lipinski definition) is 2. The Morgan fingerprint density at radius 1 is 0.808 bits per heavy atom. The Morgan fingerprint density at radius 2 is 1.27 bits per heavy atom. The SMILES string of the molecule is C=C(C)C(=O)OCc1ccc([S+](c2ccccc2)c2ccccc2)cc1. The van der Waals surface area contributed by atoms with E-state index < -0.39 is 0 Å². The first-order valence-corrected chi connectivity index (χ1v) is 9.63. The highest BCUT2D eigenvalue weighted by Gasteiger charge is 2.28. The molecule has 3 aromatic carbocycles. The normalized spacial score (nSPS) is 10.5. The minimum atomic E-state index is -0.359. The van der Waals surface area contributed by atoms with E-state index in [0.29, 0.717) is 5.57 Å². The van der Waals surface area contributed by atoms with Crippen LogP contribution in [0.15, 0.2) is 112 Å². The van der Waals surface area contributed by atoms with Gasteiger partial charge in [-0.15, -0.1) is 0 Å². The van der Waals surface area contributed by atoms with Crippen LogP contribution in [0.1, 0.15) is 12.5 Å². The van der Waals surface area contributed by atoms with Gasteiger partial charge in [0.25, 0.3) is 0 Å².